The lowest BCUT2D eigenvalue weighted by atomic mass is 9.62. The fourth-order valence-electron chi connectivity index (χ4n) is 3.41. The molecule has 0 unspecified atom stereocenters. The van der Waals surface area contributed by atoms with Gasteiger partial charge < -0.3 is 5.73 Å². The lowest BCUT2D eigenvalue weighted by Gasteiger charge is -2.42. The largest absolute Gasteiger partial charge is 0.324 e. The SMILES string of the molecule is CCc1cc2c(cc1[C@@H](C)N)C(C)(C)CCC2(C)C. The number of aryl methyl sites for hydroxylation is 1. The monoisotopic (exact) mass is 259 g/mol. The van der Waals surface area contributed by atoms with Crippen molar-refractivity contribution in [1.82, 2.24) is 0 Å². The molecule has 0 radical (unpaired) electrons. The zero-order valence-corrected chi connectivity index (χ0v) is 13.4. The summed E-state index contributed by atoms with van der Waals surface area (Å²) in [4.78, 5) is 0. The third-order valence-corrected chi connectivity index (χ3v) is 4.98. The highest BCUT2D eigenvalue weighted by Crippen LogP contribution is 2.47. The summed E-state index contributed by atoms with van der Waals surface area (Å²) in [5, 5.41) is 0. The van der Waals surface area contributed by atoms with Crippen LogP contribution in [-0.2, 0) is 17.3 Å². The van der Waals surface area contributed by atoms with E-state index in [-0.39, 0.29) is 11.5 Å². The van der Waals surface area contributed by atoms with Crippen LogP contribution in [-0.4, -0.2) is 0 Å². The lowest BCUT2D eigenvalue weighted by molar-refractivity contribution is 0.331. The van der Waals surface area contributed by atoms with Crippen molar-refractivity contribution in [3.63, 3.8) is 0 Å². The third kappa shape index (κ3) is 2.45. The number of fused-ring (bicyclic) bond motifs is 1. The first-order chi connectivity index (χ1) is 8.69. The number of benzene rings is 1. The molecule has 2 rings (SSSR count). The molecule has 1 heteroatoms. The summed E-state index contributed by atoms with van der Waals surface area (Å²) in [5.74, 6) is 0. The van der Waals surface area contributed by atoms with E-state index in [9.17, 15) is 0 Å². The van der Waals surface area contributed by atoms with Crippen molar-refractivity contribution < 1.29 is 0 Å². The Morgan fingerprint density at radius 3 is 1.95 bits per heavy atom. The Hall–Kier alpha value is -0.820. The van der Waals surface area contributed by atoms with Crippen LogP contribution in [0.4, 0.5) is 0 Å². The quantitative estimate of drug-likeness (QED) is 0.824. The molecule has 19 heavy (non-hydrogen) atoms. The first kappa shape index (κ1) is 14.6. The summed E-state index contributed by atoms with van der Waals surface area (Å²) in [5.41, 5.74) is 12.6. The van der Waals surface area contributed by atoms with Gasteiger partial charge in [0.15, 0.2) is 0 Å². The second-order valence-corrected chi connectivity index (χ2v) is 7.51. The summed E-state index contributed by atoms with van der Waals surface area (Å²) in [6.45, 7) is 13.8. The topological polar surface area (TPSA) is 26.0 Å². The highest BCUT2D eigenvalue weighted by Gasteiger charge is 2.37. The Morgan fingerprint density at radius 2 is 1.53 bits per heavy atom. The van der Waals surface area contributed by atoms with Crippen molar-refractivity contribution in [2.24, 2.45) is 5.73 Å². The maximum absolute atomic E-state index is 6.18. The van der Waals surface area contributed by atoms with Crippen molar-refractivity contribution in [3.8, 4) is 0 Å². The van der Waals surface area contributed by atoms with Gasteiger partial charge in [-0.3, -0.25) is 0 Å². The molecule has 0 aliphatic heterocycles. The molecule has 0 spiro atoms. The van der Waals surface area contributed by atoms with Gasteiger partial charge >= 0.3 is 0 Å². The minimum Gasteiger partial charge on any atom is -0.324 e. The van der Waals surface area contributed by atoms with Gasteiger partial charge in [-0.05, 0) is 59.3 Å². The van der Waals surface area contributed by atoms with E-state index in [0.29, 0.717) is 5.41 Å². The van der Waals surface area contributed by atoms with E-state index in [1.807, 2.05) is 0 Å². The predicted molar refractivity (Wildman–Crippen MR) is 83.7 cm³/mol. The molecule has 0 aromatic heterocycles. The Bertz CT molecular complexity index is 481. The van der Waals surface area contributed by atoms with E-state index >= 15 is 0 Å². The number of hydrogen-bond acceptors (Lipinski definition) is 1. The highest BCUT2D eigenvalue weighted by molar-refractivity contribution is 5.48. The Morgan fingerprint density at radius 1 is 1.05 bits per heavy atom. The van der Waals surface area contributed by atoms with Gasteiger partial charge in [-0.25, -0.2) is 0 Å². The summed E-state index contributed by atoms with van der Waals surface area (Å²) in [6.07, 6.45) is 3.60. The van der Waals surface area contributed by atoms with Gasteiger partial charge in [0.05, 0.1) is 0 Å². The second-order valence-electron chi connectivity index (χ2n) is 7.51. The molecule has 1 atom stereocenters. The predicted octanol–water partition coefficient (Wildman–Crippen LogP) is 4.62. The Kier molecular flexibility index (Phi) is 3.55. The minimum absolute atomic E-state index is 0.126. The van der Waals surface area contributed by atoms with Crippen LogP contribution in [0.15, 0.2) is 12.1 Å². The van der Waals surface area contributed by atoms with Crippen LogP contribution in [0.5, 0.6) is 0 Å². The van der Waals surface area contributed by atoms with E-state index in [2.05, 4.69) is 53.7 Å². The van der Waals surface area contributed by atoms with Crippen LogP contribution in [0.25, 0.3) is 0 Å². The fraction of sp³-hybridized carbons (Fsp3) is 0.667. The minimum atomic E-state index is 0.126. The molecule has 1 nitrogen and oxygen atoms in total. The van der Waals surface area contributed by atoms with E-state index in [0.717, 1.165) is 6.42 Å². The van der Waals surface area contributed by atoms with E-state index in [1.54, 1.807) is 5.56 Å². The number of hydrogen-bond donors (Lipinski definition) is 1. The first-order valence-electron chi connectivity index (χ1n) is 7.62. The van der Waals surface area contributed by atoms with Crippen molar-refractivity contribution in [3.05, 3.63) is 34.4 Å². The van der Waals surface area contributed by atoms with Gasteiger partial charge in [-0.2, -0.15) is 0 Å². The van der Waals surface area contributed by atoms with Crippen LogP contribution in [0, 0.1) is 0 Å². The van der Waals surface area contributed by atoms with Crippen LogP contribution < -0.4 is 5.73 Å². The van der Waals surface area contributed by atoms with E-state index in [1.165, 1.54) is 29.5 Å². The molecule has 0 heterocycles. The number of nitrogens with two attached hydrogens (primary N) is 1. The Labute approximate surface area is 118 Å². The van der Waals surface area contributed by atoms with Gasteiger partial charge in [0.2, 0.25) is 0 Å². The molecule has 1 aliphatic carbocycles. The molecule has 1 aromatic carbocycles. The molecule has 0 fully saturated rings. The summed E-state index contributed by atoms with van der Waals surface area (Å²) < 4.78 is 0. The average molecular weight is 259 g/mol. The molecule has 1 aliphatic rings. The smallest absolute Gasteiger partial charge is 0.0268 e. The molecule has 0 saturated carbocycles. The van der Waals surface area contributed by atoms with E-state index in [4.69, 9.17) is 5.73 Å². The second kappa shape index (κ2) is 4.63. The maximum Gasteiger partial charge on any atom is 0.0268 e. The summed E-state index contributed by atoms with van der Waals surface area (Å²) in [7, 11) is 0. The summed E-state index contributed by atoms with van der Waals surface area (Å²) in [6, 6.07) is 4.97. The van der Waals surface area contributed by atoms with Crippen LogP contribution >= 0.6 is 0 Å². The first-order valence-corrected chi connectivity index (χ1v) is 7.62. The Balaban J connectivity index is 2.70. The van der Waals surface area contributed by atoms with Gasteiger partial charge in [0.1, 0.15) is 0 Å². The van der Waals surface area contributed by atoms with Gasteiger partial charge in [-0.15, -0.1) is 0 Å². The third-order valence-electron chi connectivity index (χ3n) is 4.98. The van der Waals surface area contributed by atoms with Gasteiger partial charge in [0.25, 0.3) is 0 Å². The van der Waals surface area contributed by atoms with Crippen LogP contribution in [0.2, 0.25) is 0 Å². The van der Waals surface area contributed by atoms with Crippen LogP contribution in [0.3, 0.4) is 0 Å². The molecule has 106 valence electrons. The maximum atomic E-state index is 6.18. The lowest BCUT2D eigenvalue weighted by Crippen LogP contribution is -2.34. The molecule has 0 bridgehead atoms. The molecule has 0 amide bonds. The zero-order chi connectivity index (χ0) is 14.4. The summed E-state index contributed by atoms with van der Waals surface area (Å²) >= 11 is 0. The van der Waals surface area contributed by atoms with Crippen molar-refractivity contribution in [2.45, 2.75) is 77.7 Å². The fourth-order valence-corrected chi connectivity index (χ4v) is 3.41. The molecular weight excluding hydrogens is 230 g/mol. The van der Waals surface area contributed by atoms with Crippen LogP contribution in [0.1, 0.15) is 82.7 Å². The molecule has 1 aromatic rings. The van der Waals surface area contributed by atoms with Crippen molar-refractivity contribution in [2.75, 3.05) is 0 Å². The van der Waals surface area contributed by atoms with Crippen molar-refractivity contribution in [1.29, 1.82) is 0 Å². The highest BCUT2D eigenvalue weighted by atomic mass is 14.6. The average Bonchev–Trinajstić information content (AvgIpc) is 2.33. The number of rotatable bonds is 2. The molecule has 2 N–H and O–H groups in total. The van der Waals surface area contributed by atoms with E-state index < -0.39 is 0 Å². The van der Waals surface area contributed by atoms with Gasteiger partial charge in [0, 0.05) is 6.04 Å². The van der Waals surface area contributed by atoms with Crippen molar-refractivity contribution >= 4 is 0 Å². The zero-order valence-electron chi connectivity index (χ0n) is 13.4. The molecular formula is C18H29N. The molecule has 0 saturated heterocycles. The standard InChI is InChI=1S/C18H29N/c1-7-13-10-15-16(11-14(13)12(2)19)18(5,6)9-8-17(15,3)4/h10-12H,7-9,19H2,1-6H3/t12-/m1/s1. The normalized spacial score (nSPS) is 21.8. The van der Waals surface area contributed by atoms with Gasteiger partial charge in [-0.1, -0.05) is 46.8 Å².